The Morgan fingerprint density at radius 3 is 2.88 bits per heavy atom. The van der Waals surface area contributed by atoms with Crippen molar-refractivity contribution in [3.05, 3.63) is 35.4 Å². The molecular formula is C15H22N2. The van der Waals surface area contributed by atoms with E-state index in [9.17, 15) is 0 Å². The summed E-state index contributed by atoms with van der Waals surface area (Å²) < 4.78 is 0. The van der Waals surface area contributed by atoms with Crippen LogP contribution in [-0.4, -0.2) is 30.1 Å². The predicted octanol–water partition coefficient (Wildman–Crippen LogP) is 2.19. The Morgan fingerprint density at radius 2 is 2.12 bits per heavy atom. The maximum absolute atomic E-state index is 3.64. The molecule has 2 unspecified atom stereocenters. The van der Waals surface area contributed by atoms with Crippen molar-refractivity contribution in [2.75, 3.05) is 13.1 Å². The van der Waals surface area contributed by atoms with Gasteiger partial charge in [-0.15, -0.1) is 0 Å². The van der Waals surface area contributed by atoms with E-state index in [4.69, 9.17) is 0 Å². The molecule has 2 heteroatoms. The lowest BCUT2D eigenvalue weighted by Crippen LogP contribution is -2.47. The molecule has 2 aliphatic rings. The topological polar surface area (TPSA) is 15.3 Å². The van der Waals surface area contributed by atoms with Gasteiger partial charge in [-0.25, -0.2) is 0 Å². The van der Waals surface area contributed by atoms with Gasteiger partial charge in [-0.1, -0.05) is 24.3 Å². The molecular weight excluding hydrogens is 208 g/mol. The standard InChI is InChI=1S/C15H22N2/c1-12(15-7-4-9-16-15)17-10-8-13-5-2-3-6-14(13)11-17/h2-3,5-6,12,15-16H,4,7-11H2,1H3. The average molecular weight is 230 g/mol. The van der Waals surface area contributed by atoms with E-state index < -0.39 is 0 Å². The maximum atomic E-state index is 3.64. The summed E-state index contributed by atoms with van der Waals surface area (Å²) in [5, 5.41) is 3.64. The van der Waals surface area contributed by atoms with Crippen LogP contribution in [0.5, 0.6) is 0 Å². The second-order valence-corrected chi connectivity index (χ2v) is 5.43. The molecule has 2 nitrogen and oxygen atoms in total. The van der Waals surface area contributed by atoms with Crippen molar-refractivity contribution in [1.29, 1.82) is 0 Å². The quantitative estimate of drug-likeness (QED) is 0.838. The summed E-state index contributed by atoms with van der Waals surface area (Å²) in [6, 6.07) is 10.3. The van der Waals surface area contributed by atoms with Gasteiger partial charge in [-0.05, 0) is 43.9 Å². The molecule has 0 spiro atoms. The first-order valence-corrected chi connectivity index (χ1v) is 6.89. The molecule has 2 atom stereocenters. The van der Waals surface area contributed by atoms with E-state index in [1.165, 1.54) is 37.9 Å². The van der Waals surface area contributed by atoms with E-state index >= 15 is 0 Å². The number of fused-ring (bicyclic) bond motifs is 1. The Balaban J connectivity index is 1.70. The summed E-state index contributed by atoms with van der Waals surface area (Å²) in [6.45, 7) is 5.95. The second-order valence-electron chi connectivity index (χ2n) is 5.43. The molecule has 0 amide bonds. The Bertz CT molecular complexity index is 382. The molecule has 0 aromatic heterocycles. The summed E-state index contributed by atoms with van der Waals surface area (Å²) in [5.74, 6) is 0. The Hall–Kier alpha value is -0.860. The first kappa shape index (κ1) is 11.2. The lowest BCUT2D eigenvalue weighted by molar-refractivity contribution is 0.160. The lowest BCUT2D eigenvalue weighted by atomic mass is 9.97. The first-order valence-electron chi connectivity index (χ1n) is 6.89. The van der Waals surface area contributed by atoms with Crippen molar-refractivity contribution >= 4 is 0 Å². The number of hydrogen-bond donors (Lipinski definition) is 1. The highest BCUT2D eigenvalue weighted by molar-refractivity contribution is 5.29. The van der Waals surface area contributed by atoms with Gasteiger partial charge >= 0.3 is 0 Å². The Morgan fingerprint density at radius 1 is 1.29 bits per heavy atom. The van der Waals surface area contributed by atoms with E-state index in [0.717, 1.165) is 6.54 Å². The van der Waals surface area contributed by atoms with E-state index in [1.807, 2.05) is 0 Å². The van der Waals surface area contributed by atoms with Gasteiger partial charge in [0.1, 0.15) is 0 Å². The molecule has 3 rings (SSSR count). The molecule has 2 heterocycles. The van der Waals surface area contributed by atoms with Gasteiger partial charge < -0.3 is 5.32 Å². The summed E-state index contributed by atoms with van der Waals surface area (Å²) in [6.07, 6.45) is 3.91. The number of hydrogen-bond acceptors (Lipinski definition) is 2. The summed E-state index contributed by atoms with van der Waals surface area (Å²) >= 11 is 0. The SMILES string of the molecule is CC(C1CCCN1)N1CCc2ccccc2C1. The summed E-state index contributed by atoms with van der Waals surface area (Å²) in [7, 11) is 0. The van der Waals surface area contributed by atoms with E-state index in [-0.39, 0.29) is 0 Å². The minimum absolute atomic E-state index is 0.672. The van der Waals surface area contributed by atoms with Crippen molar-refractivity contribution in [2.45, 2.75) is 44.8 Å². The molecule has 1 saturated heterocycles. The third-order valence-electron chi connectivity index (χ3n) is 4.42. The largest absolute Gasteiger partial charge is 0.312 e. The molecule has 92 valence electrons. The first-order chi connectivity index (χ1) is 8.34. The van der Waals surface area contributed by atoms with Crippen LogP contribution in [0.15, 0.2) is 24.3 Å². The number of nitrogens with one attached hydrogen (secondary N) is 1. The molecule has 17 heavy (non-hydrogen) atoms. The zero-order chi connectivity index (χ0) is 11.7. The van der Waals surface area contributed by atoms with Crippen molar-refractivity contribution in [2.24, 2.45) is 0 Å². The third kappa shape index (κ3) is 2.24. The molecule has 0 saturated carbocycles. The molecule has 2 aliphatic heterocycles. The van der Waals surface area contributed by atoms with Crippen LogP contribution in [0.2, 0.25) is 0 Å². The van der Waals surface area contributed by atoms with Crippen LogP contribution in [0.1, 0.15) is 30.9 Å². The second kappa shape index (κ2) is 4.79. The normalized spacial score (nSPS) is 26.8. The summed E-state index contributed by atoms with van der Waals surface area (Å²) in [5.41, 5.74) is 3.08. The van der Waals surface area contributed by atoms with Crippen molar-refractivity contribution < 1.29 is 0 Å². The minimum atomic E-state index is 0.672. The molecule has 0 bridgehead atoms. The van der Waals surface area contributed by atoms with Gasteiger partial charge in [0.15, 0.2) is 0 Å². The molecule has 1 aromatic rings. The zero-order valence-corrected chi connectivity index (χ0v) is 10.7. The lowest BCUT2D eigenvalue weighted by Gasteiger charge is -2.36. The van der Waals surface area contributed by atoms with Gasteiger partial charge in [0.05, 0.1) is 0 Å². The van der Waals surface area contributed by atoms with Crippen molar-refractivity contribution in [1.82, 2.24) is 10.2 Å². The fraction of sp³-hybridized carbons (Fsp3) is 0.600. The molecule has 1 aromatic carbocycles. The third-order valence-corrected chi connectivity index (χ3v) is 4.42. The van der Waals surface area contributed by atoms with Crippen LogP contribution in [-0.2, 0) is 13.0 Å². The van der Waals surface area contributed by atoms with Gasteiger partial charge in [-0.3, -0.25) is 4.90 Å². The monoisotopic (exact) mass is 230 g/mol. The zero-order valence-electron chi connectivity index (χ0n) is 10.7. The van der Waals surface area contributed by atoms with Gasteiger partial charge in [0.25, 0.3) is 0 Å². The summed E-state index contributed by atoms with van der Waals surface area (Å²) in [4.78, 5) is 2.64. The van der Waals surface area contributed by atoms with Gasteiger partial charge in [0, 0.05) is 25.2 Å². The van der Waals surface area contributed by atoms with Crippen LogP contribution in [0.25, 0.3) is 0 Å². The molecule has 1 N–H and O–H groups in total. The maximum Gasteiger partial charge on any atom is 0.0240 e. The highest BCUT2D eigenvalue weighted by atomic mass is 15.2. The molecule has 0 radical (unpaired) electrons. The minimum Gasteiger partial charge on any atom is -0.312 e. The highest BCUT2D eigenvalue weighted by Gasteiger charge is 2.27. The molecule has 1 fully saturated rings. The fourth-order valence-electron chi connectivity index (χ4n) is 3.24. The van der Waals surface area contributed by atoms with Crippen LogP contribution >= 0.6 is 0 Å². The van der Waals surface area contributed by atoms with E-state index in [0.29, 0.717) is 12.1 Å². The van der Waals surface area contributed by atoms with Crippen LogP contribution < -0.4 is 5.32 Å². The Labute approximate surface area is 104 Å². The van der Waals surface area contributed by atoms with Crippen LogP contribution in [0.4, 0.5) is 0 Å². The van der Waals surface area contributed by atoms with Crippen LogP contribution in [0, 0.1) is 0 Å². The number of rotatable bonds is 2. The van der Waals surface area contributed by atoms with Gasteiger partial charge in [-0.2, -0.15) is 0 Å². The van der Waals surface area contributed by atoms with Crippen molar-refractivity contribution in [3.8, 4) is 0 Å². The average Bonchev–Trinajstić information content (AvgIpc) is 2.91. The molecule has 0 aliphatic carbocycles. The van der Waals surface area contributed by atoms with E-state index in [1.54, 1.807) is 5.56 Å². The predicted molar refractivity (Wildman–Crippen MR) is 71.0 cm³/mol. The number of benzene rings is 1. The Kier molecular flexibility index (Phi) is 3.17. The fourth-order valence-corrected chi connectivity index (χ4v) is 3.24. The highest BCUT2D eigenvalue weighted by Crippen LogP contribution is 2.23. The van der Waals surface area contributed by atoms with Crippen molar-refractivity contribution in [3.63, 3.8) is 0 Å². The number of nitrogens with zero attached hydrogens (tertiary/aromatic N) is 1. The smallest absolute Gasteiger partial charge is 0.0240 e. The van der Waals surface area contributed by atoms with Gasteiger partial charge in [0.2, 0.25) is 0 Å². The van der Waals surface area contributed by atoms with Crippen LogP contribution in [0.3, 0.4) is 0 Å². The van der Waals surface area contributed by atoms with E-state index in [2.05, 4.69) is 41.4 Å².